The Hall–Kier alpha value is -0.850. The molecular weight excluding hydrogens is 394 g/mol. The molecule has 3 nitrogen and oxygen atoms in total. The summed E-state index contributed by atoms with van der Waals surface area (Å²) >= 11 is 8.04. The van der Waals surface area contributed by atoms with Crippen LogP contribution in [0.3, 0.4) is 0 Å². The lowest BCUT2D eigenvalue weighted by molar-refractivity contribution is 0.216. The zero-order valence-corrected chi connectivity index (χ0v) is 14.3. The summed E-state index contributed by atoms with van der Waals surface area (Å²) in [6, 6.07) is 7.47. The predicted molar refractivity (Wildman–Crippen MR) is 85.3 cm³/mol. The average molecular weight is 405 g/mol. The monoisotopic (exact) mass is 403 g/mol. The van der Waals surface area contributed by atoms with Crippen LogP contribution in [0.2, 0.25) is 0 Å². The van der Waals surface area contributed by atoms with E-state index < -0.39 is 6.09 Å². The molecule has 19 heavy (non-hydrogen) atoms. The third-order valence-corrected chi connectivity index (χ3v) is 5.70. The Kier molecular flexibility index (Phi) is 4.65. The van der Waals surface area contributed by atoms with Gasteiger partial charge in [0, 0.05) is 16.2 Å². The molecule has 1 aromatic heterocycles. The Labute approximate surface area is 132 Å². The number of carbonyl (C=O) groups excluding carboxylic acids is 1. The number of nitrogens with one attached hydrogen (secondary N) is 1. The lowest BCUT2D eigenvalue weighted by Gasteiger charge is -2.07. The van der Waals surface area contributed by atoms with Crippen LogP contribution in [0.25, 0.3) is 0 Å². The fourth-order valence-electron chi connectivity index (χ4n) is 1.43. The van der Waals surface area contributed by atoms with Gasteiger partial charge in [0.15, 0.2) is 5.06 Å². The number of benzene rings is 1. The molecular formula is C13H11Br2NO2S. The SMILES string of the molecule is Cc1ccc(NC(=O)Oc2cc(Br)c(Br)s2)cc1C. The molecule has 0 spiro atoms. The first-order valence-corrected chi connectivity index (χ1v) is 7.87. The Morgan fingerprint density at radius 2 is 1.95 bits per heavy atom. The van der Waals surface area contributed by atoms with Crippen molar-refractivity contribution < 1.29 is 9.53 Å². The molecule has 0 aliphatic carbocycles. The van der Waals surface area contributed by atoms with E-state index in [1.165, 1.54) is 16.9 Å². The third kappa shape index (κ3) is 3.81. The Balaban J connectivity index is 2.03. The number of carbonyl (C=O) groups is 1. The van der Waals surface area contributed by atoms with Gasteiger partial charge in [-0.3, -0.25) is 5.32 Å². The number of thiophene rings is 1. The number of ether oxygens (including phenoxy) is 1. The number of anilines is 1. The molecule has 0 saturated heterocycles. The van der Waals surface area contributed by atoms with E-state index in [1.807, 2.05) is 32.0 Å². The fraction of sp³-hybridized carbons (Fsp3) is 0.154. The number of hydrogen-bond donors (Lipinski definition) is 1. The Bertz CT molecular complexity index is 606. The van der Waals surface area contributed by atoms with E-state index in [2.05, 4.69) is 37.2 Å². The standard InChI is InChI=1S/C13H11Br2NO2S/c1-7-3-4-9(5-8(7)2)16-13(17)18-11-6-10(14)12(15)19-11/h3-6H,1-2H3,(H,16,17). The molecule has 0 saturated carbocycles. The highest BCUT2D eigenvalue weighted by atomic mass is 79.9. The van der Waals surface area contributed by atoms with E-state index in [0.29, 0.717) is 5.06 Å². The van der Waals surface area contributed by atoms with Crippen LogP contribution in [-0.2, 0) is 0 Å². The lowest BCUT2D eigenvalue weighted by Crippen LogP contribution is -2.16. The number of amides is 1. The van der Waals surface area contributed by atoms with Crippen molar-refractivity contribution in [2.45, 2.75) is 13.8 Å². The maximum absolute atomic E-state index is 11.7. The van der Waals surface area contributed by atoms with Crippen LogP contribution in [0.15, 0.2) is 32.5 Å². The minimum atomic E-state index is -0.496. The Morgan fingerprint density at radius 1 is 1.21 bits per heavy atom. The molecule has 2 rings (SSSR count). The quantitative estimate of drug-likeness (QED) is 0.717. The summed E-state index contributed by atoms with van der Waals surface area (Å²) in [6.07, 6.45) is -0.496. The second-order valence-electron chi connectivity index (χ2n) is 4.00. The molecule has 100 valence electrons. The number of aryl methyl sites for hydroxylation is 2. The van der Waals surface area contributed by atoms with Gasteiger partial charge in [-0.15, -0.1) is 0 Å². The van der Waals surface area contributed by atoms with Crippen LogP contribution >= 0.6 is 43.2 Å². The molecule has 1 aromatic carbocycles. The Morgan fingerprint density at radius 3 is 2.53 bits per heavy atom. The molecule has 6 heteroatoms. The van der Waals surface area contributed by atoms with Gasteiger partial charge < -0.3 is 4.74 Å². The van der Waals surface area contributed by atoms with Crippen molar-refractivity contribution in [2.24, 2.45) is 0 Å². The minimum Gasteiger partial charge on any atom is -0.399 e. The van der Waals surface area contributed by atoms with Crippen LogP contribution in [0, 0.1) is 13.8 Å². The van der Waals surface area contributed by atoms with Crippen molar-refractivity contribution in [1.29, 1.82) is 0 Å². The molecule has 0 fully saturated rings. The molecule has 0 bridgehead atoms. The average Bonchev–Trinajstić information content (AvgIpc) is 2.63. The molecule has 1 heterocycles. The molecule has 0 atom stereocenters. The summed E-state index contributed by atoms with van der Waals surface area (Å²) in [5.74, 6) is 0. The van der Waals surface area contributed by atoms with E-state index in [-0.39, 0.29) is 0 Å². The van der Waals surface area contributed by atoms with Gasteiger partial charge in [0.1, 0.15) is 0 Å². The van der Waals surface area contributed by atoms with Gasteiger partial charge in [-0.2, -0.15) is 0 Å². The van der Waals surface area contributed by atoms with Crippen molar-refractivity contribution >= 4 is 55.0 Å². The third-order valence-electron chi connectivity index (χ3n) is 2.57. The summed E-state index contributed by atoms with van der Waals surface area (Å²) in [7, 11) is 0. The second-order valence-corrected chi connectivity index (χ2v) is 7.19. The van der Waals surface area contributed by atoms with Gasteiger partial charge in [-0.05, 0) is 69.0 Å². The van der Waals surface area contributed by atoms with Crippen LogP contribution < -0.4 is 10.1 Å². The van der Waals surface area contributed by atoms with Crippen LogP contribution in [0.1, 0.15) is 11.1 Å². The number of halogens is 2. The zero-order valence-electron chi connectivity index (χ0n) is 10.3. The van der Waals surface area contributed by atoms with E-state index in [0.717, 1.165) is 19.5 Å². The zero-order chi connectivity index (χ0) is 14.0. The molecule has 1 amide bonds. The van der Waals surface area contributed by atoms with E-state index in [4.69, 9.17) is 4.74 Å². The van der Waals surface area contributed by atoms with Gasteiger partial charge in [-0.1, -0.05) is 17.4 Å². The highest BCUT2D eigenvalue weighted by Crippen LogP contribution is 2.37. The largest absolute Gasteiger partial charge is 0.417 e. The van der Waals surface area contributed by atoms with Crippen LogP contribution in [0.4, 0.5) is 10.5 Å². The smallest absolute Gasteiger partial charge is 0.399 e. The topological polar surface area (TPSA) is 38.3 Å². The molecule has 1 N–H and O–H groups in total. The fourth-order valence-corrected chi connectivity index (χ4v) is 3.25. The summed E-state index contributed by atoms with van der Waals surface area (Å²) in [4.78, 5) is 11.7. The van der Waals surface area contributed by atoms with Crippen molar-refractivity contribution in [3.05, 3.63) is 43.7 Å². The molecule has 0 aliphatic rings. The summed E-state index contributed by atoms with van der Waals surface area (Å²) in [6.45, 7) is 4.03. The van der Waals surface area contributed by atoms with Crippen LogP contribution in [0.5, 0.6) is 5.06 Å². The van der Waals surface area contributed by atoms with Crippen LogP contribution in [-0.4, -0.2) is 6.09 Å². The number of rotatable bonds is 2. The maximum Gasteiger partial charge on any atom is 0.417 e. The van der Waals surface area contributed by atoms with E-state index in [1.54, 1.807) is 6.07 Å². The van der Waals surface area contributed by atoms with Gasteiger partial charge in [0.05, 0.1) is 3.79 Å². The summed E-state index contributed by atoms with van der Waals surface area (Å²) in [5, 5.41) is 3.23. The van der Waals surface area contributed by atoms with Crippen molar-refractivity contribution in [1.82, 2.24) is 0 Å². The van der Waals surface area contributed by atoms with Gasteiger partial charge in [-0.25, -0.2) is 4.79 Å². The second kappa shape index (κ2) is 6.07. The van der Waals surface area contributed by atoms with Crippen molar-refractivity contribution in [3.63, 3.8) is 0 Å². The molecule has 0 aliphatic heterocycles. The van der Waals surface area contributed by atoms with E-state index in [9.17, 15) is 4.79 Å². The van der Waals surface area contributed by atoms with Gasteiger partial charge >= 0.3 is 6.09 Å². The predicted octanol–water partition coefficient (Wildman–Crippen LogP) is 5.50. The first-order valence-electron chi connectivity index (χ1n) is 5.46. The maximum atomic E-state index is 11.7. The highest BCUT2D eigenvalue weighted by molar-refractivity contribution is 9.13. The highest BCUT2D eigenvalue weighted by Gasteiger charge is 2.10. The molecule has 0 unspecified atom stereocenters. The first-order chi connectivity index (χ1) is 8.95. The number of hydrogen-bond acceptors (Lipinski definition) is 3. The van der Waals surface area contributed by atoms with E-state index >= 15 is 0 Å². The lowest BCUT2D eigenvalue weighted by atomic mass is 10.1. The van der Waals surface area contributed by atoms with Crippen molar-refractivity contribution in [3.8, 4) is 5.06 Å². The molecule has 0 radical (unpaired) electrons. The minimum absolute atomic E-state index is 0.496. The van der Waals surface area contributed by atoms with Gasteiger partial charge in [0.2, 0.25) is 0 Å². The van der Waals surface area contributed by atoms with Gasteiger partial charge in [0.25, 0.3) is 0 Å². The normalized spacial score (nSPS) is 10.3. The van der Waals surface area contributed by atoms with Crippen molar-refractivity contribution in [2.75, 3.05) is 5.32 Å². The summed E-state index contributed by atoms with van der Waals surface area (Å²) in [5.41, 5.74) is 3.03. The first kappa shape index (κ1) is 14.6. The summed E-state index contributed by atoms with van der Waals surface area (Å²) < 4.78 is 6.96. The molecule has 2 aromatic rings.